The molecule has 1 nitrogen and oxygen atoms in total. The van der Waals surface area contributed by atoms with Gasteiger partial charge in [0.25, 0.3) is 0 Å². The fraction of sp³-hybridized carbons (Fsp3) is 0.375. The monoisotopic (exact) mass is 124 g/mol. The second-order valence-corrected chi connectivity index (χ2v) is 2.15. The molecule has 0 aliphatic carbocycles. The van der Waals surface area contributed by atoms with Crippen LogP contribution in [-0.2, 0) is 4.79 Å². The Morgan fingerprint density at radius 3 is 2.44 bits per heavy atom. The number of hydrogen-bond donors (Lipinski definition) is 0. The normalized spacial score (nSPS) is 10.0. The predicted molar refractivity (Wildman–Crippen MR) is 39.3 cm³/mol. The van der Waals surface area contributed by atoms with Gasteiger partial charge >= 0.3 is 0 Å². The van der Waals surface area contributed by atoms with Crippen LogP contribution in [0.5, 0.6) is 0 Å². The Bertz CT molecular complexity index is 143. The zero-order valence-corrected chi connectivity index (χ0v) is 5.98. The summed E-state index contributed by atoms with van der Waals surface area (Å²) >= 11 is 0. The summed E-state index contributed by atoms with van der Waals surface area (Å²) in [6.45, 7) is 7.13. The standard InChI is InChI=1S/C8H12O/c1-7(2)5-4-6-8(3)9/h4-5H,1,6H2,2-3H3/b5-4+. The largest absolute Gasteiger partial charge is 0.300 e. The Labute approximate surface area is 56.1 Å². The summed E-state index contributed by atoms with van der Waals surface area (Å²) in [5, 5.41) is 0. The maximum Gasteiger partial charge on any atom is 0.133 e. The summed E-state index contributed by atoms with van der Waals surface area (Å²) in [4.78, 5) is 10.3. The molecule has 0 unspecified atom stereocenters. The van der Waals surface area contributed by atoms with E-state index in [0.29, 0.717) is 6.42 Å². The lowest BCUT2D eigenvalue weighted by Crippen LogP contribution is -1.83. The van der Waals surface area contributed by atoms with E-state index >= 15 is 0 Å². The SMILES string of the molecule is C=C(C)/C=C/CC(C)=O. The Morgan fingerprint density at radius 1 is 1.56 bits per heavy atom. The number of hydrogen-bond acceptors (Lipinski definition) is 1. The lowest BCUT2D eigenvalue weighted by molar-refractivity contribution is -0.116. The van der Waals surface area contributed by atoms with Crippen molar-refractivity contribution in [3.05, 3.63) is 24.3 Å². The van der Waals surface area contributed by atoms with Crippen LogP contribution in [0.3, 0.4) is 0 Å². The van der Waals surface area contributed by atoms with E-state index in [0.717, 1.165) is 5.57 Å². The van der Waals surface area contributed by atoms with E-state index in [1.165, 1.54) is 0 Å². The number of carbonyl (C=O) groups is 1. The molecule has 0 fully saturated rings. The highest BCUT2D eigenvalue weighted by molar-refractivity contribution is 5.77. The zero-order chi connectivity index (χ0) is 7.28. The van der Waals surface area contributed by atoms with Crippen molar-refractivity contribution in [2.24, 2.45) is 0 Å². The molecule has 1 heteroatoms. The van der Waals surface area contributed by atoms with Gasteiger partial charge in [-0.2, -0.15) is 0 Å². The third kappa shape index (κ3) is 7.15. The smallest absolute Gasteiger partial charge is 0.133 e. The topological polar surface area (TPSA) is 17.1 Å². The number of rotatable bonds is 3. The maximum absolute atomic E-state index is 10.3. The Kier molecular flexibility index (Phi) is 3.69. The van der Waals surface area contributed by atoms with Gasteiger partial charge in [0.1, 0.15) is 5.78 Å². The molecule has 0 aliphatic heterocycles. The van der Waals surface area contributed by atoms with Gasteiger partial charge in [-0.3, -0.25) is 4.79 Å². The molecule has 0 aromatic rings. The van der Waals surface area contributed by atoms with E-state index < -0.39 is 0 Å². The van der Waals surface area contributed by atoms with Crippen LogP contribution < -0.4 is 0 Å². The number of Topliss-reactive ketones (excluding diaryl/α,β-unsaturated/α-hetero) is 1. The summed E-state index contributed by atoms with van der Waals surface area (Å²) in [6.07, 6.45) is 4.19. The van der Waals surface area contributed by atoms with Gasteiger partial charge in [-0.15, -0.1) is 0 Å². The first-order valence-corrected chi connectivity index (χ1v) is 2.94. The molecule has 0 aromatic carbocycles. The number of allylic oxidation sites excluding steroid dienone is 3. The second-order valence-electron chi connectivity index (χ2n) is 2.15. The van der Waals surface area contributed by atoms with Gasteiger partial charge in [-0.05, 0) is 13.8 Å². The second kappa shape index (κ2) is 4.07. The summed E-state index contributed by atoms with van der Waals surface area (Å²) in [7, 11) is 0. The van der Waals surface area contributed by atoms with Crippen LogP contribution in [0.4, 0.5) is 0 Å². The minimum absolute atomic E-state index is 0.188. The van der Waals surface area contributed by atoms with Crippen LogP contribution >= 0.6 is 0 Å². The van der Waals surface area contributed by atoms with Crippen LogP contribution in [0.2, 0.25) is 0 Å². The molecular formula is C8H12O. The molecule has 0 saturated carbocycles. The Morgan fingerprint density at radius 2 is 2.11 bits per heavy atom. The minimum atomic E-state index is 0.188. The number of carbonyl (C=O) groups excluding carboxylic acids is 1. The summed E-state index contributed by atoms with van der Waals surface area (Å²) in [6, 6.07) is 0. The van der Waals surface area contributed by atoms with Crippen molar-refractivity contribution in [3.8, 4) is 0 Å². The molecule has 0 heterocycles. The minimum Gasteiger partial charge on any atom is -0.300 e. The molecule has 0 rings (SSSR count). The third-order valence-corrected chi connectivity index (χ3v) is 0.808. The highest BCUT2D eigenvalue weighted by Gasteiger charge is 1.83. The third-order valence-electron chi connectivity index (χ3n) is 0.808. The fourth-order valence-electron chi connectivity index (χ4n) is 0.426. The fourth-order valence-corrected chi connectivity index (χ4v) is 0.426. The first-order chi connectivity index (χ1) is 4.13. The van der Waals surface area contributed by atoms with Crippen molar-refractivity contribution >= 4 is 5.78 Å². The summed E-state index contributed by atoms with van der Waals surface area (Å²) in [5.74, 6) is 0.188. The summed E-state index contributed by atoms with van der Waals surface area (Å²) in [5.41, 5.74) is 0.983. The molecule has 0 bridgehead atoms. The molecule has 50 valence electrons. The van der Waals surface area contributed by atoms with Crippen LogP contribution in [-0.4, -0.2) is 5.78 Å². The molecule has 0 saturated heterocycles. The molecule has 9 heavy (non-hydrogen) atoms. The van der Waals surface area contributed by atoms with Crippen molar-refractivity contribution in [2.45, 2.75) is 20.3 Å². The van der Waals surface area contributed by atoms with Crippen molar-refractivity contribution in [3.63, 3.8) is 0 Å². The van der Waals surface area contributed by atoms with Crippen molar-refractivity contribution < 1.29 is 4.79 Å². The van der Waals surface area contributed by atoms with E-state index in [4.69, 9.17) is 0 Å². The molecule has 0 spiro atoms. The van der Waals surface area contributed by atoms with E-state index in [-0.39, 0.29) is 5.78 Å². The van der Waals surface area contributed by atoms with E-state index in [2.05, 4.69) is 6.58 Å². The molecule has 0 aromatic heterocycles. The average molecular weight is 124 g/mol. The van der Waals surface area contributed by atoms with Gasteiger partial charge in [-0.1, -0.05) is 24.3 Å². The molecular weight excluding hydrogens is 112 g/mol. The van der Waals surface area contributed by atoms with Crippen LogP contribution in [0.15, 0.2) is 24.3 Å². The first kappa shape index (κ1) is 8.15. The lowest BCUT2D eigenvalue weighted by Gasteiger charge is -1.84. The van der Waals surface area contributed by atoms with E-state index in [1.807, 2.05) is 19.1 Å². The van der Waals surface area contributed by atoms with Crippen molar-refractivity contribution in [1.29, 1.82) is 0 Å². The number of ketones is 1. The van der Waals surface area contributed by atoms with Gasteiger partial charge < -0.3 is 0 Å². The van der Waals surface area contributed by atoms with Crippen LogP contribution in [0, 0.1) is 0 Å². The van der Waals surface area contributed by atoms with E-state index in [1.54, 1.807) is 6.92 Å². The maximum atomic E-state index is 10.3. The Hall–Kier alpha value is -0.850. The zero-order valence-electron chi connectivity index (χ0n) is 5.98. The molecule has 0 radical (unpaired) electrons. The quantitative estimate of drug-likeness (QED) is 0.526. The first-order valence-electron chi connectivity index (χ1n) is 2.94. The van der Waals surface area contributed by atoms with Crippen molar-refractivity contribution in [2.75, 3.05) is 0 Å². The van der Waals surface area contributed by atoms with Crippen LogP contribution in [0.1, 0.15) is 20.3 Å². The lowest BCUT2D eigenvalue weighted by atomic mass is 10.2. The summed E-state index contributed by atoms with van der Waals surface area (Å²) < 4.78 is 0. The van der Waals surface area contributed by atoms with Gasteiger partial charge in [0.15, 0.2) is 0 Å². The highest BCUT2D eigenvalue weighted by atomic mass is 16.1. The highest BCUT2D eigenvalue weighted by Crippen LogP contribution is 1.91. The van der Waals surface area contributed by atoms with Gasteiger partial charge in [0.05, 0.1) is 0 Å². The molecule has 0 amide bonds. The molecule has 0 N–H and O–H groups in total. The van der Waals surface area contributed by atoms with E-state index in [9.17, 15) is 4.79 Å². The van der Waals surface area contributed by atoms with Gasteiger partial charge in [0.2, 0.25) is 0 Å². The predicted octanol–water partition coefficient (Wildman–Crippen LogP) is 2.10. The van der Waals surface area contributed by atoms with Gasteiger partial charge in [-0.25, -0.2) is 0 Å². The van der Waals surface area contributed by atoms with Crippen LogP contribution in [0.25, 0.3) is 0 Å². The molecule has 0 atom stereocenters. The van der Waals surface area contributed by atoms with Gasteiger partial charge in [0, 0.05) is 6.42 Å². The van der Waals surface area contributed by atoms with Crippen molar-refractivity contribution in [1.82, 2.24) is 0 Å². The average Bonchev–Trinajstić information content (AvgIpc) is 1.63. The Balaban J connectivity index is 3.48. The molecule has 0 aliphatic rings.